The predicted octanol–water partition coefficient (Wildman–Crippen LogP) is 5.29. The van der Waals surface area contributed by atoms with Crippen LogP contribution in [0.3, 0.4) is 0 Å². The van der Waals surface area contributed by atoms with Gasteiger partial charge in [0.05, 0.1) is 0 Å². The first-order chi connectivity index (χ1) is 14.0. The summed E-state index contributed by atoms with van der Waals surface area (Å²) in [5.41, 5.74) is 1.74. The second kappa shape index (κ2) is 9.68. The van der Waals surface area contributed by atoms with Crippen molar-refractivity contribution in [3.8, 4) is 11.5 Å². The molecule has 6 nitrogen and oxygen atoms in total. The Bertz CT molecular complexity index is 941. The monoisotopic (exact) mass is 390 g/mol. The highest BCUT2D eigenvalue weighted by atomic mass is 16.5. The molecule has 0 unspecified atom stereocenters. The summed E-state index contributed by atoms with van der Waals surface area (Å²) in [5.74, 6) is 2.24. The number of hydrogen-bond donors (Lipinski definition) is 2. The fourth-order valence-electron chi connectivity index (χ4n) is 2.66. The third kappa shape index (κ3) is 6.31. The molecule has 0 fully saturated rings. The van der Waals surface area contributed by atoms with Crippen LogP contribution in [0.25, 0.3) is 0 Å². The highest BCUT2D eigenvalue weighted by Crippen LogP contribution is 2.23. The Morgan fingerprint density at radius 3 is 2.38 bits per heavy atom. The summed E-state index contributed by atoms with van der Waals surface area (Å²) in [7, 11) is 0. The predicted molar refractivity (Wildman–Crippen MR) is 116 cm³/mol. The van der Waals surface area contributed by atoms with E-state index in [1.54, 1.807) is 18.2 Å². The summed E-state index contributed by atoms with van der Waals surface area (Å²) in [5, 5.41) is 6.05. The molecule has 1 aromatic heterocycles. The fourth-order valence-corrected chi connectivity index (χ4v) is 2.66. The Kier molecular flexibility index (Phi) is 6.79. The van der Waals surface area contributed by atoms with Crippen molar-refractivity contribution in [2.24, 2.45) is 5.92 Å². The summed E-state index contributed by atoms with van der Waals surface area (Å²) in [6.07, 6.45) is 1.01. The van der Waals surface area contributed by atoms with E-state index in [-0.39, 0.29) is 5.91 Å². The molecule has 2 N–H and O–H groups in total. The molecule has 1 heterocycles. The molecule has 29 heavy (non-hydrogen) atoms. The molecule has 0 aliphatic rings. The smallest absolute Gasteiger partial charge is 0.274 e. The van der Waals surface area contributed by atoms with Crippen molar-refractivity contribution >= 4 is 17.5 Å². The Balaban J connectivity index is 1.63. The topological polar surface area (TPSA) is 76.1 Å². The van der Waals surface area contributed by atoms with Gasteiger partial charge in [-0.3, -0.25) is 4.79 Å². The number of para-hydroxylation sites is 1. The summed E-state index contributed by atoms with van der Waals surface area (Å²) < 4.78 is 5.77. The van der Waals surface area contributed by atoms with Crippen molar-refractivity contribution < 1.29 is 9.53 Å². The number of aromatic nitrogens is 2. The number of anilines is 2. The number of carbonyl (C=O) groups is 1. The third-order valence-corrected chi connectivity index (χ3v) is 4.18. The van der Waals surface area contributed by atoms with Crippen LogP contribution in [0.4, 0.5) is 11.6 Å². The zero-order valence-electron chi connectivity index (χ0n) is 17.0. The van der Waals surface area contributed by atoms with Gasteiger partial charge in [0.2, 0.25) is 5.95 Å². The van der Waals surface area contributed by atoms with Crippen LogP contribution >= 0.6 is 0 Å². The standard InChI is InChI=1S/C23H26N4O2/c1-16(2)13-14-24-23-25-17(3)15-21(27-23)22(28)26-18-9-11-20(12-10-18)29-19-7-5-4-6-8-19/h4-12,15-16H,13-14H2,1-3H3,(H,26,28)(H,24,25,27). The first-order valence-electron chi connectivity index (χ1n) is 9.73. The molecule has 0 radical (unpaired) electrons. The molecule has 0 bridgehead atoms. The number of benzene rings is 2. The van der Waals surface area contributed by atoms with Crippen LogP contribution in [0, 0.1) is 12.8 Å². The van der Waals surface area contributed by atoms with Crippen molar-refractivity contribution in [1.82, 2.24) is 9.97 Å². The molecule has 0 saturated heterocycles. The Morgan fingerprint density at radius 2 is 1.69 bits per heavy atom. The maximum absolute atomic E-state index is 12.6. The largest absolute Gasteiger partial charge is 0.457 e. The summed E-state index contributed by atoms with van der Waals surface area (Å²) in [6.45, 7) is 6.94. The van der Waals surface area contributed by atoms with Gasteiger partial charge in [-0.1, -0.05) is 32.0 Å². The van der Waals surface area contributed by atoms with E-state index < -0.39 is 0 Å². The Morgan fingerprint density at radius 1 is 1.00 bits per heavy atom. The molecule has 0 aliphatic heterocycles. The number of aryl methyl sites for hydroxylation is 1. The number of hydrogen-bond acceptors (Lipinski definition) is 5. The van der Waals surface area contributed by atoms with Gasteiger partial charge in [-0.2, -0.15) is 0 Å². The molecule has 3 rings (SSSR count). The number of amides is 1. The van der Waals surface area contributed by atoms with E-state index in [0.29, 0.717) is 29.0 Å². The Labute approximate surface area is 171 Å². The molecule has 2 aromatic carbocycles. The number of carbonyl (C=O) groups excluding carboxylic acids is 1. The average Bonchev–Trinajstić information content (AvgIpc) is 2.69. The molecule has 3 aromatic rings. The van der Waals surface area contributed by atoms with Crippen molar-refractivity contribution in [2.45, 2.75) is 27.2 Å². The zero-order chi connectivity index (χ0) is 20.6. The Hall–Kier alpha value is -3.41. The maximum Gasteiger partial charge on any atom is 0.274 e. The van der Waals surface area contributed by atoms with Gasteiger partial charge in [-0.05, 0) is 61.7 Å². The van der Waals surface area contributed by atoms with Gasteiger partial charge in [-0.15, -0.1) is 0 Å². The van der Waals surface area contributed by atoms with Crippen LogP contribution in [-0.2, 0) is 0 Å². The van der Waals surface area contributed by atoms with Crippen LogP contribution < -0.4 is 15.4 Å². The number of nitrogens with zero attached hydrogens (tertiary/aromatic N) is 2. The number of nitrogens with one attached hydrogen (secondary N) is 2. The number of rotatable bonds is 8. The van der Waals surface area contributed by atoms with Crippen LogP contribution in [0.5, 0.6) is 11.5 Å². The molecule has 0 atom stereocenters. The lowest BCUT2D eigenvalue weighted by molar-refractivity contribution is 0.102. The van der Waals surface area contributed by atoms with Crippen LogP contribution in [0.2, 0.25) is 0 Å². The third-order valence-electron chi connectivity index (χ3n) is 4.18. The molecule has 0 aliphatic carbocycles. The average molecular weight is 390 g/mol. The normalized spacial score (nSPS) is 10.6. The zero-order valence-corrected chi connectivity index (χ0v) is 17.0. The van der Waals surface area contributed by atoms with Gasteiger partial charge < -0.3 is 15.4 Å². The maximum atomic E-state index is 12.6. The quantitative estimate of drug-likeness (QED) is 0.547. The minimum atomic E-state index is -0.279. The summed E-state index contributed by atoms with van der Waals surface area (Å²) >= 11 is 0. The molecule has 1 amide bonds. The number of ether oxygens (including phenoxy) is 1. The van der Waals surface area contributed by atoms with E-state index in [1.807, 2.05) is 49.4 Å². The first kappa shape index (κ1) is 20.3. The molecular weight excluding hydrogens is 364 g/mol. The van der Waals surface area contributed by atoms with Gasteiger partial charge in [0, 0.05) is 17.9 Å². The van der Waals surface area contributed by atoms with E-state index in [4.69, 9.17) is 4.74 Å². The lowest BCUT2D eigenvalue weighted by Crippen LogP contribution is -2.16. The van der Waals surface area contributed by atoms with Crippen molar-refractivity contribution in [2.75, 3.05) is 17.2 Å². The second-order valence-electron chi connectivity index (χ2n) is 7.22. The lowest BCUT2D eigenvalue weighted by Gasteiger charge is -2.10. The summed E-state index contributed by atoms with van der Waals surface area (Å²) in [6, 6.07) is 18.4. The lowest BCUT2D eigenvalue weighted by atomic mass is 10.1. The highest BCUT2D eigenvalue weighted by molar-refractivity contribution is 6.03. The molecule has 0 saturated carbocycles. The van der Waals surface area contributed by atoms with Gasteiger partial charge in [0.1, 0.15) is 17.2 Å². The first-order valence-corrected chi connectivity index (χ1v) is 9.73. The van der Waals surface area contributed by atoms with E-state index in [2.05, 4.69) is 34.4 Å². The van der Waals surface area contributed by atoms with E-state index in [1.165, 1.54) is 0 Å². The minimum Gasteiger partial charge on any atom is -0.457 e. The highest BCUT2D eigenvalue weighted by Gasteiger charge is 2.11. The van der Waals surface area contributed by atoms with Gasteiger partial charge in [0.25, 0.3) is 5.91 Å². The van der Waals surface area contributed by atoms with Crippen LogP contribution in [0.1, 0.15) is 36.5 Å². The van der Waals surface area contributed by atoms with E-state index in [0.717, 1.165) is 24.4 Å². The SMILES string of the molecule is Cc1cc(C(=O)Nc2ccc(Oc3ccccc3)cc2)nc(NCCC(C)C)n1. The molecule has 6 heteroatoms. The van der Waals surface area contributed by atoms with Crippen molar-refractivity contribution in [3.05, 3.63) is 72.1 Å². The molecule has 150 valence electrons. The molecule has 0 spiro atoms. The van der Waals surface area contributed by atoms with Gasteiger partial charge in [0.15, 0.2) is 0 Å². The van der Waals surface area contributed by atoms with Gasteiger partial charge >= 0.3 is 0 Å². The molecular formula is C23H26N4O2. The van der Waals surface area contributed by atoms with Crippen molar-refractivity contribution in [1.29, 1.82) is 0 Å². The van der Waals surface area contributed by atoms with E-state index >= 15 is 0 Å². The van der Waals surface area contributed by atoms with Crippen LogP contribution in [-0.4, -0.2) is 22.4 Å². The minimum absolute atomic E-state index is 0.279. The van der Waals surface area contributed by atoms with Crippen molar-refractivity contribution in [3.63, 3.8) is 0 Å². The second-order valence-corrected chi connectivity index (χ2v) is 7.22. The van der Waals surface area contributed by atoms with Gasteiger partial charge in [-0.25, -0.2) is 9.97 Å². The summed E-state index contributed by atoms with van der Waals surface area (Å²) in [4.78, 5) is 21.3. The fraction of sp³-hybridized carbons (Fsp3) is 0.261. The van der Waals surface area contributed by atoms with E-state index in [9.17, 15) is 4.79 Å². The van der Waals surface area contributed by atoms with Crippen LogP contribution in [0.15, 0.2) is 60.7 Å².